The van der Waals surface area contributed by atoms with Crippen molar-refractivity contribution in [2.24, 2.45) is 5.10 Å². The molecule has 1 amide bonds. The summed E-state index contributed by atoms with van der Waals surface area (Å²) in [6.45, 7) is 1.86. The highest BCUT2D eigenvalue weighted by Gasteiger charge is 2.19. The Hall–Kier alpha value is -2.17. The highest BCUT2D eigenvalue weighted by atomic mass is 16.4. The van der Waals surface area contributed by atoms with E-state index in [0.717, 1.165) is 5.71 Å². The molecule has 0 bridgehead atoms. The van der Waals surface area contributed by atoms with Crippen molar-refractivity contribution in [3.05, 3.63) is 29.8 Å². The minimum Gasteiger partial charge on any atom is -0.545 e. The van der Waals surface area contributed by atoms with E-state index in [4.69, 9.17) is 0 Å². The number of benzene rings is 1. The zero-order valence-electron chi connectivity index (χ0n) is 9.34. The van der Waals surface area contributed by atoms with Gasteiger partial charge in [0.1, 0.15) is 0 Å². The van der Waals surface area contributed by atoms with Crippen molar-refractivity contribution in [1.29, 1.82) is 0 Å². The number of nitrogens with zero attached hydrogens (tertiary/aromatic N) is 2. The van der Waals surface area contributed by atoms with E-state index in [1.54, 1.807) is 12.1 Å². The molecule has 0 fully saturated rings. The Labute approximate surface area is 98.4 Å². The summed E-state index contributed by atoms with van der Waals surface area (Å²) >= 11 is 0. The van der Waals surface area contributed by atoms with Gasteiger partial charge in [-0.2, -0.15) is 5.10 Å². The van der Waals surface area contributed by atoms with Gasteiger partial charge in [0.2, 0.25) is 5.91 Å². The van der Waals surface area contributed by atoms with Crippen LogP contribution in [0.2, 0.25) is 0 Å². The van der Waals surface area contributed by atoms with Crippen LogP contribution in [0.4, 0.5) is 5.69 Å². The van der Waals surface area contributed by atoms with Crippen molar-refractivity contribution in [3.8, 4) is 0 Å². The molecular formula is C12H11N2O3-. The first kappa shape index (κ1) is 11.3. The summed E-state index contributed by atoms with van der Waals surface area (Å²) in [5.41, 5.74) is 1.53. The molecule has 0 saturated heterocycles. The van der Waals surface area contributed by atoms with Crippen molar-refractivity contribution in [1.82, 2.24) is 0 Å². The molecule has 88 valence electrons. The van der Waals surface area contributed by atoms with Crippen molar-refractivity contribution in [2.45, 2.75) is 19.8 Å². The number of carboxylic acids is 1. The third kappa shape index (κ3) is 2.33. The maximum atomic E-state index is 11.6. The monoisotopic (exact) mass is 231 g/mol. The van der Waals surface area contributed by atoms with Crippen molar-refractivity contribution >= 4 is 23.3 Å². The maximum Gasteiger partial charge on any atom is 0.247 e. The van der Waals surface area contributed by atoms with Gasteiger partial charge in [-0.15, -0.1) is 0 Å². The number of carboxylic acid groups (broad SMARTS) is 1. The summed E-state index contributed by atoms with van der Waals surface area (Å²) in [7, 11) is 0. The molecule has 0 unspecified atom stereocenters. The van der Waals surface area contributed by atoms with Gasteiger partial charge >= 0.3 is 0 Å². The quantitative estimate of drug-likeness (QED) is 0.746. The molecule has 1 aliphatic rings. The number of hydrogen-bond donors (Lipinski definition) is 0. The number of hydrogen-bond acceptors (Lipinski definition) is 4. The number of rotatable bonds is 2. The van der Waals surface area contributed by atoms with Crippen LogP contribution in [0.15, 0.2) is 29.4 Å². The van der Waals surface area contributed by atoms with Gasteiger partial charge in [-0.3, -0.25) is 4.79 Å². The maximum absolute atomic E-state index is 11.6. The molecule has 0 saturated carbocycles. The third-order valence-electron chi connectivity index (χ3n) is 2.56. The normalized spacial score (nSPS) is 15.7. The summed E-state index contributed by atoms with van der Waals surface area (Å²) in [6.07, 6.45) is 1.10. The number of anilines is 1. The van der Waals surface area contributed by atoms with Crippen LogP contribution >= 0.6 is 0 Å². The van der Waals surface area contributed by atoms with Crippen LogP contribution in [-0.2, 0) is 4.79 Å². The molecule has 5 nitrogen and oxygen atoms in total. The van der Waals surface area contributed by atoms with Gasteiger partial charge in [0.15, 0.2) is 0 Å². The van der Waals surface area contributed by atoms with Crippen LogP contribution in [0.5, 0.6) is 0 Å². The topological polar surface area (TPSA) is 72.8 Å². The van der Waals surface area contributed by atoms with E-state index in [2.05, 4.69) is 5.10 Å². The molecule has 0 atom stereocenters. The largest absolute Gasteiger partial charge is 0.545 e. The highest BCUT2D eigenvalue weighted by molar-refractivity contribution is 6.01. The van der Waals surface area contributed by atoms with E-state index in [0.29, 0.717) is 18.5 Å². The fourth-order valence-corrected chi connectivity index (χ4v) is 1.61. The third-order valence-corrected chi connectivity index (χ3v) is 2.56. The van der Waals surface area contributed by atoms with Crippen molar-refractivity contribution in [3.63, 3.8) is 0 Å². The number of aromatic carboxylic acids is 1. The second kappa shape index (κ2) is 4.37. The fourth-order valence-electron chi connectivity index (χ4n) is 1.61. The van der Waals surface area contributed by atoms with Gasteiger partial charge in [-0.1, -0.05) is 12.1 Å². The van der Waals surface area contributed by atoms with Crippen molar-refractivity contribution in [2.75, 3.05) is 5.01 Å². The van der Waals surface area contributed by atoms with Crippen LogP contribution in [0.25, 0.3) is 0 Å². The van der Waals surface area contributed by atoms with Crippen LogP contribution in [0.1, 0.15) is 30.1 Å². The number of hydrazone groups is 1. The molecule has 1 aromatic rings. The fraction of sp³-hybridized carbons (Fsp3) is 0.250. The second-order valence-corrected chi connectivity index (χ2v) is 3.88. The van der Waals surface area contributed by atoms with Crippen LogP contribution in [0, 0.1) is 0 Å². The summed E-state index contributed by atoms with van der Waals surface area (Å²) in [6, 6.07) is 5.89. The van der Waals surface area contributed by atoms with E-state index in [-0.39, 0.29) is 11.5 Å². The lowest BCUT2D eigenvalue weighted by molar-refractivity contribution is -0.255. The molecule has 1 heterocycles. The average Bonchev–Trinajstić information content (AvgIpc) is 2.32. The minimum atomic E-state index is -1.23. The Bertz CT molecular complexity index is 491. The number of carbonyl (C=O) groups excluding carboxylic acids is 2. The molecule has 17 heavy (non-hydrogen) atoms. The van der Waals surface area contributed by atoms with Gasteiger partial charge in [0, 0.05) is 12.1 Å². The first-order valence-electron chi connectivity index (χ1n) is 5.26. The Morgan fingerprint density at radius 1 is 1.29 bits per heavy atom. The Morgan fingerprint density at radius 2 is 1.94 bits per heavy atom. The van der Waals surface area contributed by atoms with E-state index in [1.807, 2.05) is 6.92 Å². The molecule has 1 aliphatic heterocycles. The number of carbonyl (C=O) groups is 2. The summed E-state index contributed by atoms with van der Waals surface area (Å²) < 4.78 is 0. The van der Waals surface area contributed by atoms with Gasteiger partial charge in [-0.25, -0.2) is 5.01 Å². The molecule has 0 aliphatic carbocycles. The van der Waals surface area contributed by atoms with Crippen LogP contribution < -0.4 is 10.1 Å². The molecule has 1 aromatic carbocycles. The molecule has 0 radical (unpaired) electrons. The van der Waals surface area contributed by atoms with Gasteiger partial charge in [-0.05, 0) is 31.0 Å². The molecule has 0 N–H and O–H groups in total. The van der Waals surface area contributed by atoms with Gasteiger partial charge < -0.3 is 9.90 Å². The number of amides is 1. The summed E-state index contributed by atoms with van der Waals surface area (Å²) in [5, 5.41) is 16.0. The molecule has 0 aromatic heterocycles. The summed E-state index contributed by atoms with van der Waals surface area (Å²) in [5.74, 6) is -1.32. The lowest BCUT2D eigenvalue weighted by atomic mass is 10.1. The Kier molecular flexibility index (Phi) is 2.91. The zero-order chi connectivity index (χ0) is 12.4. The Balaban J connectivity index is 2.30. The SMILES string of the molecule is CC1=NN(c2ccc(C(=O)[O-])cc2)C(=O)CC1. The minimum absolute atomic E-state index is 0.0823. The first-order valence-corrected chi connectivity index (χ1v) is 5.26. The lowest BCUT2D eigenvalue weighted by Crippen LogP contribution is -2.30. The molecule has 0 spiro atoms. The predicted molar refractivity (Wildman–Crippen MR) is 60.6 cm³/mol. The van der Waals surface area contributed by atoms with E-state index in [1.165, 1.54) is 17.1 Å². The lowest BCUT2D eigenvalue weighted by Gasteiger charge is -2.22. The second-order valence-electron chi connectivity index (χ2n) is 3.88. The van der Waals surface area contributed by atoms with E-state index >= 15 is 0 Å². The molecule has 5 heteroatoms. The summed E-state index contributed by atoms with van der Waals surface area (Å²) in [4.78, 5) is 22.2. The predicted octanol–water partition coefficient (Wildman–Crippen LogP) is 0.553. The van der Waals surface area contributed by atoms with E-state index in [9.17, 15) is 14.7 Å². The molecular weight excluding hydrogens is 220 g/mol. The van der Waals surface area contributed by atoms with Crippen molar-refractivity contribution < 1.29 is 14.7 Å². The smallest absolute Gasteiger partial charge is 0.247 e. The average molecular weight is 231 g/mol. The van der Waals surface area contributed by atoms with Gasteiger partial charge in [0.05, 0.1) is 11.7 Å². The highest BCUT2D eigenvalue weighted by Crippen LogP contribution is 2.20. The van der Waals surface area contributed by atoms with E-state index < -0.39 is 5.97 Å². The van der Waals surface area contributed by atoms with Crippen LogP contribution in [0.3, 0.4) is 0 Å². The molecule has 2 rings (SSSR count). The van der Waals surface area contributed by atoms with Crippen LogP contribution in [-0.4, -0.2) is 17.6 Å². The first-order chi connectivity index (χ1) is 8.08. The standard InChI is InChI=1S/C12H12N2O3/c1-8-2-7-11(15)14(13-8)10-5-3-9(4-6-10)12(16)17/h3-6H,2,7H2,1H3,(H,16,17)/p-1. The Morgan fingerprint density at radius 3 is 2.53 bits per heavy atom. The van der Waals surface area contributed by atoms with Gasteiger partial charge in [0.25, 0.3) is 0 Å². The zero-order valence-corrected chi connectivity index (χ0v) is 9.34.